The van der Waals surface area contributed by atoms with Crippen LogP contribution in [-0.4, -0.2) is 28.1 Å². The van der Waals surface area contributed by atoms with Gasteiger partial charge in [-0.05, 0) is 11.6 Å². The number of anilines is 1. The Balaban J connectivity index is 0.000000399. The van der Waals surface area contributed by atoms with Crippen molar-refractivity contribution in [3.05, 3.63) is 23.9 Å². The van der Waals surface area contributed by atoms with Crippen LogP contribution in [-0.2, 0) is 16.1 Å². The summed E-state index contributed by atoms with van der Waals surface area (Å²) >= 11 is 0. The number of carbonyl (C=O) groups excluding carboxylic acids is 1. The fourth-order valence-corrected chi connectivity index (χ4v) is 0.800. The molecule has 0 aliphatic carbocycles. The van der Waals surface area contributed by atoms with Crippen LogP contribution in [0, 0.1) is 0 Å². The van der Waals surface area contributed by atoms with Gasteiger partial charge in [0.15, 0.2) is 0 Å². The molecule has 0 aromatic carbocycles. The number of aromatic nitrogens is 1. The number of nitrogens with one attached hydrogen (secondary N) is 1. The van der Waals surface area contributed by atoms with Gasteiger partial charge in [-0.25, -0.2) is 9.78 Å². The molecule has 0 spiro atoms. The van der Waals surface area contributed by atoms with Gasteiger partial charge < -0.3 is 16.2 Å². The van der Waals surface area contributed by atoms with Gasteiger partial charge in [-0.1, -0.05) is 6.07 Å². The highest BCUT2D eigenvalue weighted by molar-refractivity contribution is 5.87. The Morgan fingerprint density at radius 1 is 1.42 bits per heavy atom. The number of aliphatic carboxylic acids is 1. The van der Waals surface area contributed by atoms with Crippen LogP contribution < -0.4 is 11.1 Å². The topological polar surface area (TPSA) is 105 Å². The molecule has 0 saturated heterocycles. The largest absolute Gasteiger partial charge is 0.490 e. The van der Waals surface area contributed by atoms with Crippen LogP contribution in [0.4, 0.5) is 19.0 Å². The molecule has 6 nitrogen and oxygen atoms in total. The number of nitrogens with zero attached hydrogens (tertiary/aromatic N) is 1. The lowest BCUT2D eigenvalue weighted by Gasteiger charge is -2.00. The van der Waals surface area contributed by atoms with Gasteiger partial charge in [0, 0.05) is 19.7 Å². The van der Waals surface area contributed by atoms with E-state index in [1.807, 2.05) is 6.07 Å². The highest BCUT2D eigenvalue weighted by Gasteiger charge is 2.38. The minimum Gasteiger partial charge on any atom is -0.475 e. The maximum absolute atomic E-state index is 10.6. The zero-order valence-corrected chi connectivity index (χ0v) is 9.86. The molecule has 0 saturated carbocycles. The highest BCUT2D eigenvalue weighted by Crippen LogP contribution is 2.13. The second kappa shape index (κ2) is 7.31. The van der Waals surface area contributed by atoms with Crippen molar-refractivity contribution >= 4 is 17.7 Å². The van der Waals surface area contributed by atoms with Crippen molar-refractivity contribution in [1.82, 2.24) is 4.98 Å². The van der Waals surface area contributed by atoms with Crippen LogP contribution in [0.2, 0.25) is 0 Å². The summed E-state index contributed by atoms with van der Waals surface area (Å²) in [5, 5.41) is 9.69. The van der Waals surface area contributed by atoms with Crippen molar-refractivity contribution < 1.29 is 27.9 Å². The summed E-state index contributed by atoms with van der Waals surface area (Å²) in [5.41, 5.74) is 6.32. The summed E-state index contributed by atoms with van der Waals surface area (Å²) in [6.45, 7) is 1.91. The standard InChI is InChI=1S/C8H11N3O.C2HF3O2/c1-6(12)11-8-3-2-7(4-9)5-10-8;3-2(4,5)1(6)7/h2-3,5H,4,9H2,1H3,(H,10,11,12);(H,6,7). The lowest BCUT2D eigenvalue weighted by Crippen LogP contribution is -2.21. The Bertz CT molecular complexity index is 432. The van der Waals surface area contributed by atoms with E-state index in [-0.39, 0.29) is 5.91 Å². The van der Waals surface area contributed by atoms with Crippen LogP contribution >= 0.6 is 0 Å². The number of halogens is 3. The van der Waals surface area contributed by atoms with Gasteiger partial charge >= 0.3 is 12.1 Å². The normalized spacial score (nSPS) is 10.2. The molecular formula is C10H12F3N3O3. The number of alkyl halides is 3. The summed E-state index contributed by atoms with van der Waals surface area (Å²) in [4.78, 5) is 23.5. The first-order chi connectivity index (χ1) is 8.66. The van der Waals surface area contributed by atoms with E-state index >= 15 is 0 Å². The summed E-state index contributed by atoms with van der Waals surface area (Å²) in [6.07, 6.45) is -3.44. The molecule has 1 aromatic rings. The van der Waals surface area contributed by atoms with E-state index in [0.717, 1.165) is 5.56 Å². The first kappa shape index (κ1) is 16.8. The van der Waals surface area contributed by atoms with Crippen molar-refractivity contribution in [3.8, 4) is 0 Å². The van der Waals surface area contributed by atoms with E-state index in [2.05, 4.69) is 10.3 Å². The summed E-state index contributed by atoms with van der Waals surface area (Å²) < 4.78 is 31.7. The van der Waals surface area contributed by atoms with E-state index in [0.29, 0.717) is 12.4 Å². The molecule has 19 heavy (non-hydrogen) atoms. The first-order valence-electron chi connectivity index (χ1n) is 4.89. The zero-order valence-electron chi connectivity index (χ0n) is 9.86. The van der Waals surface area contributed by atoms with Crippen LogP contribution in [0.1, 0.15) is 12.5 Å². The Morgan fingerprint density at radius 2 is 1.95 bits per heavy atom. The van der Waals surface area contributed by atoms with Gasteiger partial charge in [0.1, 0.15) is 5.82 Å². The SMILES string of the molecule is CC(=O)Nc1ccc(CN)cn1.O=C(O)C(F)(F)F. The molecule has 106 valence electrons. The average Bonchev–Trinajstić information content (AvgIpc) is 2.28. The van der Waals surface area contributed by atoms with Gasteiger partial charge in [-0.15, -0.1) is 0 Å². The van der Waals surface area contributed by atoms with E-state index in [9.17, 15) is 18.0 Å². The number of nitrogens with two attached hydrogens (primary N) is 1. The van der Waals surface area contributed by atoms with Crippen LogP contribution in [0.25, 0.3) is 0 Å². The molecule has 1 rings (SSSR count). The summed E-state index contributed by atoms with van der Waals surface area (Å²) in [5.74, 6) is -2.32. The Kier molecular flexibility index (Phi) is 6.48. The predicted molar refractivity (Wildman–Crippen MR) is 60.1 cm³/mol. The summed E-state index contributed by atoms with van der Waals surface area (Å²) in [7, 11) is 0. The zero-order chi connectivity index (χ0) is 15.1. The third kappa shape index (κ3) is 7.71. The minimum atomic E-state index is -5.08. The van der Waals surface area contributed by atoms with Gasteiger partial charge in [0.05, 0.1) is 0 Å². The number of hydrogen-bond acceptors (Lipinski definition) is 4. The molecule has 0 aliphatic rings. The second-order valence-corrected chi connectivity index (χ2v) is 3.24. The number of carboxylic acids is 1. The maximum atomic E-state index is 10.6. The second-order valence-electron chi connectivity index (χ2n) is 3.24. The number of rotatable bonds is 2. The van der Waals surface area contributed by atoms with E-state index in [4.69, 9.17) is 15.6 Å². The van der Waals surface area contributed by atoms with E-state index in [1.165, 1.54) is 6.92 Å². The minimum absolute atomic E-state index is 0.122. The summed E-state index contributed by atoms with van der Waals surface area (Å²) in [6, 6.07) is 3.56. The Labute approximate surface area is 106 Å². The molecule has 0 atom stereocenters. The van der Waals surface area contributed by atoms with Crippen molar-refractivity contribution in [2.75, 3.05) is 5.32 Å². The number of carboxylic acid groups (broad SMARTS) is 1. The molecule has 0 fully saturated rings. The molecular weight excluding hydrogens is 267 g/mol. The molecule has 9 heteroatoms. The van der Waals surface area contributed by atoms with Crippen molar-refractivity contribution in [2.24, 2.45) is 5.73 Å². The van der Waals surface area contributed by atoms with Gasteiger partial charge in [-0.2, -0.15) is 13.2 Å². The van der Waals surface area contributed by atoms with Gasteiger partial charge in [-0.3, -0.25) is 4.79 Å². The molecule has 0 aliphatic heterocycles. The third-order valence-electron chi connectivity index (χ3n) is 1.61. The van der Waals surface area contributed by atoms with Crippen molar-refractivity contribution in [2.45, 2.75) is 19.6 Å². The number of pyridine rings is 1. The quantitative estimate of drug-likeness (QED) is 0.752. The van der Waals surface area contributed by atoms with Crippen LogP contribution in [0.15, 0.2) is 18.3 Å². The van der Waals surface area contributed by atoms with Crippen molar-refractivity contribution in [1.29, 1.82) is 0 Å². The molecule has 1 aromatic heterocycles. The number of carbonyl (C=O) groups is 2. The fourth-order valence-electron chi connectivity index (χ4n) is 0.800. The lowest BCUT2D eigenvalue weighted by molar-refractivity contribution is -0.192. The molecule has 1 heterocycles. The molecule has 0 unspecified atom stereocenters. The molecule has 0 radical (unpaired) electrons. The Morgan fingerprint density at radius 3 is 2.21 bits per heavy atom. The van der Waals surface area contributed by atoms with Gasteiger partial charge in [0.25, 0.3) is 0 Å². The lowest BCUT2D eigenvalue weighted by atomic mass is 10.3. The predicted octanol–water partition coefficient (Wildman–Crippen LogP) is 1.13. The number of hydrogen-bond donors (Lipinski definition) is 3. The Hall–Kier alpha value is -2.16. The number of amides is 1. The monoisotopic (exact) mass is 279 g/mol. The smallest absolute Gasteiger partial charge is 0.475 e. The van der Waals surface area contributed by atoms with E-state index in [1.54, 1.807) is 12.3 Å². The van der Waals surface area contributed by atoms with Crippen LogP contribution in [0.5, 0.6) is 0 Å². The highest BCUT2D eigenvalue weighted by atomic mass is 19.4. The molecule has 0 bridgehead atoms. The van der Waals surface area contributed by atoms with Crippen molar-refractivity contribution in [3.63, 3.8) is 0 Å². The van der Waals surface area contributed by atoms with E-state index < -0.39 is 12.1 Å². The van der Waals surface area contributed by atoms with Gasteiger partial charge in [0.2, 0.25) is 5.91 Å². The van der Waals surface area contributed by atoms with Crippen LogP contribution in [0.3, 0.4) is 0 Å². The molecule has 1 amide bonds. The first-order valence-corrected chi connectivity index (χ1v) is 4.89. The third-order valence-corrected chi connectivity index (χ3v) is 1.61. The molecule has 4 N–H and O–H groups in total. The fraction of sp³-hybridized carbons (Fsp3) is 0.300. The maximum Gasteiger partial charge on any atom is 0.490 e. The average molecular weight is 279 g/mol.